The van der Waals surface area contributed by atoms with Crippen LogP contribution in [0.5, 0.6) is 0 Å². The third kappa shape index (κ3) is 5.07. The lowest BCUT2D eigenvalue weighted by Gasteiger charge is -2.42. The zero-order valence-corrected chi connectivity index (χ0v) is 24.7. The van der Waals surface area contributed by atoms with Gasteiger partial charge in [0.05, 0.1) is 34.5 Å². The van der Waals surface area contributed by atoms with Gasteiger partial charge < -0.3 is 14.9 Å². The van der Waals surface area contributed by atoms with Crippen LogP contribution < -0.4 is 9.62 Å². The first-order chi connectivity index (χ1) is 20.5. The summed E-state index contributed by atoms with van der Waals surface area (Å²) in [5.74, 6) is 0.163. The maximum atomic E-state index is 13.5. The fraction of sp³-hybridized carbons (Fsp3) is 0.462. The number of aromatic nitrogens is 5. The van der Waals surface area contributed by atoms with E-state index in [9.17, 15) is 32.4 Å². The molecule has 4 heterocycles. The molecule has 1 amide bonds. The number of fused-ring (bicyclic) bond motifs is 3. The van der Waals surface area contributed by atoms with E-state index in [4.69, 9.17) is 0 Å². The average molecular weight is 632 g/mol. The van der Waals surface area contributed by atoms with Crippen LogP contribution in [0.15, 0.2) is 29.4 Å². The highest BCUT2D eigenvalue weighted by Gasteiger charge is 2.47. The average Bonchev–Trinajstić information content (AvgIpc) is 3.43. The van der Waals surface area contributed by atoms with Crippen LogP contribution in [0.3, 0.4) is 0 Å². The van der Waals surface area contributed by atoms with Crippen molar-refractivity contribution < 1.29 is 27.1 Å². The van der Waals surface area contributed by atoms with Crippen LogP contribution in [0, 0.1) is 17.2 Å². The normalized spacial score (nSPS) is 18.6. The van der Waals surface area contributed by atoms with Crippen molar-refractivity contribution in [2.75, 3.05) is 31.1 Å². The van der Waals surface area contributed by atoms with Crippen molar-refractivity contribution in [2.45, 2.75) is 49.6 Å². The molecular weight excluding hydrogens is 604 g/mol. The summed E-state index contributed by atoms with van der Waals surface area (Å²) >= 11 is 0.648. The third-order valence-electron chi connectivity index (χ3n) is 7.68. The highest BCUT2D eigenvalue weighted by molar-refractivity contribution is 7.89. The Morgan fingerprint density at radius 2 is 2.02 bits per heavy atom. The molecule has 1 atom stereocenters. The summed E-state index contributed by atoms with van der Waals surface area (Å²) in [5.41, 5.74) is -0.547. The predicted molar refractivity (Wildman–Crippen MR) is 152 cm³/mol. The number of hydrogen-bond donors (Lipinski definition) is 2. The minimum absolute atomic E-state index is 0.0544. The number of benzene rings is 1. The standard InChI is InChI=1S/C26H27F2N9O4S2/c1-14(2)24(39)36-8-7-35(10-15(36)11-38)21-19-17-4-3-16(43(40,41)34-26(12-29)5-6-26)9-18(17)37(22(19)31-13-30-21)25-33-32-23(42-25)20(27)28/h3-4,9,13-15,20,34,38H,5-8,10-11H2,1-2H3/t15-/m1/s1. The van der Waals surface area contributed by atoms with Gasteiger partial charge in [-0.2, -0.15) is 9.98 Å². The fourth-order valence-electron chi connectivity index (χ4n) is 5.31. The maximum absolute atomic E-state index is 13.5. The number of nitrogens with zero attached hydrogens (tertiary/aromatic N) is 8. The molecule has 13 nitrogen and oxygen atoms in total. The van der Waals surface area contributed by atoms with E-state index in [1.165, 1.54) is 23.0 Å². The van der Waals surface area contributed by atoms with Crippen molar-refractivity contribution in [3.8, 4) is 11.2 Å². The number of sulfonamides is 1. The molecule has 2 fully saturated rings. The smallest absolute Gasteiger partial charge is 0.291 e. The van der Waals surface area contributed by atoms with E-state index in [1.54, 1.807) is 24.8 Å². The van der Waals surface area contributed by atoms with Gasteiger partial charge in [0.1, 0.15) is 17.7 Å². The van der Waals surface area contributed by atoms with E-state index < -0.39 is 33.0 Å². The van der Waals surface area contributed by atoms with Crippen molar-refractivity contribution in [3.63, 3.8) is 0 Å². The summed E-state index contributed by atoms with van der Waals surface area (Å²) in [6, 6.07) is 5.89. The lowest BCUT2D eigenvalue weighted by Crippen LogP contribution is -2.57. The topological polar surface area (TPSA) is 170 Å². The number of amides is 1. The van der Waals surface area contributed by atoms with E-state index in [0.717, 1.165) is 0 Å². The number of carbonyl (C=O) groups is 1. The number of halogens is 2. The second-order valence-electron chi connectivity index (χ2n) is 10.9. The Labute approximate surface area is 248 Å². The van der Waals surface area contributed by atoms with Gasteiger partial charge in [-0.05, 0) is 25.0 Å². The minimum atomic E-state index is -4.12. The first-order valence-electron chi connectivity index (χ1n) is 13.5. The molecule has 2 N–H and O–H groups in total. The van der Waals surface area contributed by atoms with Crippen LogP contribution in [-0.4, -0.2) is 86.9 Å². The lowest BCUT2D eigenvalue weighted by atomic mass is 10.1. The summed E-state index contributed by atoms with van der Waals surface area (Å²) in [6.07, 6.45) is -0.748. The van der Waals surface area contributed by atoms with Gasteiger partial charge >= 0.3 is 0 Å². The molecule has 3 aromatic heterocycles. The Kier molecular flexibility index (Phi) is 7.27. The van der Waals surface area contributed by atoms with Crippen molar-refractivity contribution in [1.82, 2.24) is 34.4 Å². The molecule has 17 heteroatoms. The van der Waals surface area contributed by atoms with Crippen molar-refractivity contribution in [3.05, 3.63) is 29.5 Å². The Balaban J connectivity index is 1.51. The number of rotatable bonds is 8. The van der Waals surface area contributed by atoms with Gasteiger partial charge in [0, 0.05) is 30.9 Å². The Morgan fingerprint density at radius 3 is 2.65 bits per heavy atom. The molecular formula is C26H27F2N9O4S2. The number of aliphatic hydroxyl groups excluding tert-OH is 1. The predicted octanol–water partition coefficient (Wildman–Crippen LogP) is 2.36. The summed E-state index contributed by atoms with van der Waals surface area (Å²) in [5, 5.41) is 27.7. The highest BCUT2D eigenvalue weighted by atomic mass is 32.2. The molecule has 226 valence electrons. The number of carbonyl (C=O) groups excluding carboxylic acids is 1. The molecule has 43 heavy (non-hydrogen) atoms. The zero-order chi connectivity index (χ0) is 30.7. The zero-order valence-electron chi connectivity index (χ0n) is 23.1. The van der Waals surface area contributed by atoms with Gasteiger partial charge in [-0.25, -0.2) is 27.2 Å². The number of nitrogens with one attached hydrogen (secondary N) is 1. The number of hydrogen-bond acceptors (Lipinski definition) is 11. The number of aliphatic hydroxyl groups is 1. The minimum Gasteiger partial charge on any atom is -0.394 e. The molecule has 1 aromatic carbocycles. The van der Waals surface area contributed by atoms with Crippen LogP contribution in [0.25, 0.3) is 27.1 Å². The first kappa shape index (κ1) is 29.2. The van der Waals surface area contributed by atoms with Gasteiger partial charge in [0.2, 0.25) is 21.1 Å². The summed E-state index contributed by atoms with van der Waals surface area (Å²) in [7, 11) is -4.12. The Bertz CT molecular complexity index is 1880. The Morgan fingerprint density at radius 1 is 1.26 bits per heavy atom. The molecule has 6 rings (SSSR count). The molecule has 1 aliphatic heterocycles. The van der Waals surface area contributed by atoms with Crippen LogP contribution in [0.1, 0.15) is 38.1 Å². The van der Waals surface area contributed by atoms with Crippen molar-refractivity contribution >= 4 is 55.0 Å². The van der Waals surface area contributed by atoms with E-state index in [0.29, 0.717) is 59.4 Å². The molecule has 1 aliphatic carbocycles. The summed E-state index contributed by atoms with van der Waals surface area (Å²) in [4.78, 5) is 25.2. The van der Waals surface area contributed by atoms with Gasteiger partial charge in [-0.1, -0.05) is 31.3 Å². The highest BCUT2D eigenvalue weighted by Crippen LogP contribution is 2.40. The first-order valence-corrected chi connectivity index (χ1v) is 15.8. The molecule has 4 aromatic rings. The van der Waals surface area contributed by atoms with Crippen LogP contribution in [0.2, 0.25) is 0 Å². The monoisotopic (exact) mass is 631 g/mol. The number of piperazine rings is 1. The molecule has 0 unspecified atom stereocenters. The molecule has 1 saturated carbocycles. The van der Waals surface area contributed by atoms with Gasteiger partial charge in [0.15, 0.2) is 10.7 Å². The molecule has 0 bridgehead atoms. The quantitative estimate of drug-likeness (QED) is 0.294. The molecule has 1 saturated heterocycles. The third-order valence-corrected chi connectivity index (χ3v) is 10.1. The van der Waals surface area contributed by atoms with E-state index >= 15 is 0 Å². The fourth-order valence-corrected chi connectivity index (χ4v) is 7.42. The second-order valence-corrected chi connectivity index (χ2v) is 13.6. The van der Waals surface area contributed by atoms with Crippen LogP contribution in [0.4, 0.5) is 14.6 Å². The number of anilines is 1. The maximum Gasteiger partial charge on any atom is 0.291 e. The summed E-state index contributed by atoms with van der Waals surface area (Å²) < 4.78 is 57.5. The molecule has 0 radical (unpaired) electrons. The molecule has 2 aliphatic rings. The van der Waals surface area contributed by atoms with Crippen LogP contribution >= 0.6 is 11.3 Å². The van der Waals surface area contributed by atoms with E-state index in [-0.39, 0.29) is 40.7 Å². The second kappa shape index (κ2) is 10.7. The van der Waals surface area contributed by atoms with E-state index in [1.807, 2.05) is 11.0 Å². The van der Waals surface area contributed by atoms with Gasteiger partial charge in [-0.3, -0.25) is 9.36 Å². The van der Waals surface area contributed by atoms with Crippen molar-refractivity contribution in [2.24, 2.45) is 5.92 Å². The summed E-state index contributed by atoms with van der Waals surface area (Å²) in [6.45, 7) is 4.35. The largest absolute Gasteiger partial charge is 0.394 e. The lowest BCUT2D eigenvalue weighted by molar-refractivity contribution is -0.138. The van der Waals surface area contributed by atoms with Crippen LogP contribution in [-0.2, 0) is 14.8 Å². The van der Waals surface area contributed by atoms with Crippen molar-refractivity contribution in [1.29, 1.82) is 5.26 Å². The Hall–Kier alpha value is -3.85. The van der Waals surface area contributed by atoms with Gasteiger partial charge in [-0.15, -0.1) is 10.2 Å². The van der Waals surface area contributed by atoms with Gasteiger partial charge in [0.25, 0.3) is 6.43 Å². The number of nitriles is 1. The molecule has 0 spiro atoms. The SMILES string of the molecule is CC(C)C(=O)N1CCN(c2ncnc3c2c2ccc(S(=O)(=O)NC4(C#N)CC4)cc2n3-c2nnc(C(F)F)s2)C[C@@H]1CO. The van der Waals surface area contributed by atoms with E-state index in [2.05, 4.69) is 24.9 Å². The number of alkyl halides is 2.